The van der Waals surface area contributed by atoms with Crippen LogP contribution in [-0.4, -0.2) is 44.8 Å². The summed E-state index contributed by atoms with van der Waals surface area (Å²) in [7, 11) is 3.46. The molecule has 0 atom stereocenters. The van der Waals surface area contributed by atoms with Gasteiger partial charge in [-0.3, -0.25) is 4.99 Å². The van der Waals surface area contributed by atoms with Gasteiger partial charge in [0.2, 0.25) is 0 Å². The third kappa shape index (κ3) is 6.71. The minimum atomic E-state index is 0.628. The normalized spacial score (nSPS) is 11.4. The second-order valence-corrected chi connectivity index (χ2v) is 7.73. The van der Waals surface area contributed by atoms with Crippen molar-refractivity contribution in [2.75, 3.05) is 33.9 Å². The summed E-state index contributed by atoms with van der Waals surface area (Å²) < 4.78 is 11.0. The molecule has 154 valence electrons. The van der Waals surface area contributed by atoms with E-state index in [-0.39, 0.29) is 0 Å². The summed E-state index contributed by atoms with van der Waals surface area (Å²) in [5, 5.41) is 7.90. The first-order valence-corrected chi connectivity index (χ1v) is 10.6. The number of aliphatic imine (C=N–C) groups is 1. The van der Waals surface area contributed by atoms with Crippen molar-refractivity contribution in [1.29, 1.82) is 0 Å². The summed E-state index contributed by atoms with van der Waals surface area (Å²) in [5.74, 6) is 2.41. The Morgan fingerprint density at radius 1 is 1.14 bits per heavy atom. The lowest BCUT2D eigenvalue weighted by atomic mass is 10.1. The van der Waals surface area contributed by atoms with Gasteiger partial charge in [-0.15, -0.1) is 11.3 Å². The lowest BCUT2D eigenvalue weighted by molar-refractivity contribution is 0.310. The number of methoxy groups -OCH3 is 1. The maximum absolute atomic E-state index is 5.65. The zero-order chi connectivity index (χ0) is 20.4. The van der Waals surface area contributed by atoms with Crippen molar-refractivity contribution in [3.63, 3.8) is 0 Å². The maximum Gasteiger partial charge on any atom is 0.190 e. The predicted molar refractivity (Wildman–Crippen MR) is 117 cm³/mol. The molecule has 6 nitrogen and oxygen atoms in total. The Balaban J connectivity index is 1.71. The number of aryl methyl sites for hydroxylation is 3. The van der Waals surface area contributed by atoms with E-state index < -0.39 is 0 Å². The van der Waals surface area contributed by atoms with Gasteiger partial charge in [-0.05, 0) is 51.3 Å². The van der Waals surface area contributed by atoms with Crippen molar-refractivity contribution in [3.8, 4) is 11.5 Å². The summed E-state index contributed by atoms with van der Waals surface area (Å²) in [5.41, 5.74) is 2.37. The van der Waals surface area contributed by atoms with Gasteiger partial charge >= 0.3 is 0 Å². The molecule has 0 bridgehead atoms. The molecule has 0 unspecified atom stereocenters. The van der Waals surface area contributed by atoms with Crippen LogP contribution in [0.2, 0.25) is 0 Å². The van der Waals surface area contributed by atoms with E-state index >= 15 is 0 Å². The second-order valence-electron chi connectivity index (χ2n) is 6.45. The van der Waals surface area contributed by atoms with Crippen LogP contribution in [0.15, 0.2) is 23.2 Å². The van der Waals surface area contributed by atoms with Gasteiger partial charge in [0.15, 0.2) is 17.5 Å². The Labute approximate surface area is 172 Å². The number of rotatable bonds is 10. The van der Waals surface area contributed by atoms with Crippen molar-refractivity contribution < 1.29 is 9.47 Å². The van der Waals surface area contributed by atoms with E-state index in [1.54, 1.807) is 25.5 Å². The van der Waals surface area contributed by atoms with Crippen molar-refractivity contribution in [3.05, 3.63) is 39.3 Å². The Morgan fingerprint density at radius 2 is 1.93 bits per heavy atom. The SMILES string of the molecule is CCOc1cc(CCCNC(=NC)NCCc2nc(C)c(C)s2)ccc1OC. The van der Waals surface area contributed by atoms with Crippen LogP contribution in [0.4, 0.5) is 0 Å². The molecule has 2 rings (SSSR count). The minimum Gasteiger partial charge on any atom is -0.493 e. The number of nitrogens with one attached hydrogen (secondary N) is 2. The summed E-state index contributed by atoms with van der Waals surface area (Å²) in [6.45, 7) is 8.45. The fourth-order valence-corrected chi connectivity index (χ4v) is 3.73. The van der Waals surface area contributed by atoms with Crippen molar-refractivity contribution in [2.24, 2.45) is 4.99 Å². The van der Waals surface area contributed by atoms with Crippen LogP contribution in [0.3, 0.4) is 0 Å². The fraction of sp³-hybridized carbons (Fsp3) is 0.524. The fourth-order valence-electron chi connectivity index (χ4n) is 2.80. The molecule has 1 heterocycles. The predicted octanol–water partition coefficient (Wildman–Crippen LogP) is 3.51. The highest BCUT2D eigenvalue weighted by molar-refractivity contribution is 7.11. The highest BCUT2D eigenvalue weighted by atomic mass is 32.1. The van der Waals surface area contributed by atoms with Crippen LogP contribution in [0, 0.1) is 13.8 Å². The number of thiazole rings is 1. The van der Waals surface area contributed by atoms with Crippen molar-refractivity contribution >= 4 is 17.3 Å². The molecule has 0 aliphatic rings. The molecule has 0 saturated heterocycles. The van der Waals surface area contributed by atoms with Gasteiger partial charge in [-0.1, -0.05) is 6.07 Å². The molecular weight excluding hydrogens is 372 g/mol. The molecule has 0 aliphatic heterocycles. The number of aromatic nitrogens is 1. The summed E-state index contributed by atoms with van der Waals surface area (Å²) in [6, 6.07) is 6.12. The number of nitrogens with zero attached hydrogens (tertiary/aromatic N) is 2. The number of ether oxygens (including phenoxy) is 2. The Kier molecular flexibility index (Phi) is 9.07. The van der Waals surface area contributed by atoms with Crippen LogP contribution in [0.5, 0.6) is 11.5 Å². The van der Waals surface area contributed by atoms with Gasteiger partial charge in [0.1, 0.15) is 0 Å². The number of hydrogen-bond donors (Lipinski definition) is 2. The molecule has 1 aromatic carbocycles. The topological polar surface area (TPSA) is 67.8 Å². The molecule has 0 radical (unpaired) electrons. The molecule has 2 aromatic rings. The highest BCUT2D eigenvalue weighted by Crippen LogP contribution is 2.28. The van der Waals surface area contributed by atoms with Crippen molar-refractivity contribution in [2.45, 2.75) is 40.0 Å². The monoisotopic (exact) mass is 404 g/mol. The molecule has 0 fully saturated rings. The van der Waals surface area contributed by atoms with E-state index in [0.29, 0.717) is 6.61 Å². The Morgan fingerprint density at radius 3 is 2.57 bits per heavy atom. The van der Waals surface area contributed by atoms with Crippen LogP contribution in [-0.2, 0) is 12.8 Å². The van der Waals surface area contributed by atoms with E-state index in [9.17, 15) is 0 Å². The molecule has 7 heteroatoms. The largest absolute Gasteiger partial charge is 0.493 e. The molecule has 2 N–H and O–H groups in total. The molecule has 0 saturated carbocycles. The molecule has 1 aromatic heterocycles. The van der Waals surface area contributed by atoms with E-state index in [2.05, 4.69) is 46.6 Å². The van der Waals surface area contributed by atoms with Gasteiger partial charge in [0.25, 0.3) is 0 Å². The first-order valence-electron chi connectivity index (χ1n) is 9.74. The smallest absolute Gasteiger partial charge is 0.190 e. The molecule has 0 aliphatic carbocycles. The summed E-state index contributed by atoms with van der Waals surface area (Å²) in [4.78, 5) is 10.2. The van der Waals surface area contributed by atoms with Crippen LogP contribution in [0.1, 0.15) is 34.5 Å². The van der Waals surface area contributed by atoms with E-state index in [0.717, 1.165) is 55.5 Å². The minimum absolute atomic E-state index is 0.628. The van der Waals surface area contributed by atoms with Gasteiger partial charge in [-0.25, -0.2) is 4.98 Å². The maximum atomic E-state index is 5.65. The van der Waals surface area contributed by atoms with Gasteiger partial charge in [0.05, 0.1) is 24.4 Å². The first kappa shape index (κ1) is 22.0. The first-order chi connectivity index (χ1) is 13.6. The zero-order valence-corrected chi connectivity index (χ0v) is 18.4. The number of guanidine groups is 1. The highest BCUT2D eigenvalue weighted by Gasteiger charge is 2.06. The van der Waals surface area contributed by atoms with Gasteiger partial charge < -0.3 is 20.1 Å². The van der Waals surface area contributed by atoms with Crippen LogP contribution < -0.4 is 20.1 Å². The Hall–Kier alpha value is -2.28. The average Bonchev–Trinajstić information content (AvgIpc) is 3.01. The second kappa shape index (κ2) is 11.5. The van der Waals surface area contributed by atoms with Gasteiger partial charge in [0, 0.05) is 31.4 Å². The Bertz CT molecular complexity index is 754. The summed E-state index contributed by atoms with van der Waals surface area (Å²) >= 11 is 1.77. The van der Waals surface area contributed by atoms with Crippen LogP contribution >= 0.6 is 11.3 Å². The van der Waals surface area contributed by atoms with Gasteiger partial charge in [-0.2, -0.15) is 0 Å². The third-order valence-corrected chi connectivity index (χ3v) is 5.52. The number of hydrogen-bond acceptors (Lipinski definition) is 5. The lowest BCUT2D eigenvalue weighted by Crippen LogP contribution is -2.38. The van der Waals surface area contributed by atoms with E-state index in [1.165, 1.54) is 15.4 Å². The molecular formula is C21H32N4O2S. The quantitative estimate of drug-likeness (QED) is 0.360. The molecule has 0 spiro atoms. The molecule has 0 amide bonds. The van der Waals surface area contributed by atoms with E-state index in [1.807, 2.05) is 13.0 Å². The number of benzene rings is 1. The third-order valence-electron chi connectivity index (χ3n) is 4.39. The average molecular weight is 405 g/mol. The standard InChI is InChI=1S/C21H32N4O2S/c1-6-27-19-14-17(9-10-18(19)26-5)8-7-12-23-21(22-4)24-13-11-20-25-15(2)16(3)28-20/h9-10,14H,6-8,11-13H2,1-5H3,(H2,22,23,24). The van der Waals surface area contributed by atoms with Crippen LogP contribution in [0.25, 0.3) is 0 Å². The summed E-state index contributed by atoms with van der Waals surface area (Å²) in [6.07, 6.45) is 2.88. The lowest BCUT2D eigenvalue weighted by Gasteiger charge is -2.13. The van der Waals surface area contributed by atoms with Crippen molar-refractivity contribution in [1.82, 2.24) is 15.6 Å². The molecule has 28 heavy (non-hydrogen) atoms. The van der Waals surface area contributed by atoms with E-state index in [4.69, 9.17) is 9.47 Å². The zero-order valence-electron chi connectivity index (χ0n) is 17.6.